The number of rotatable bonds is 7. The molecule has 26 heavy (non-hydrogen) atoms. The van der Waals surface area contributed by atoms with Gasteiger partial charge in [0, 0.05) is 17.1 Å². The van der Waals surface area contributed by atoms with Gasteiger partial charge in [0.05, 0.1) is 6.04 Å². The Balaban J connectivity index is 1.38. The van der Waals surface area contributed by atoms with Crippen molar-refractivity contribution in [2.75, 3.05) is 6.54 Å². The normalized spacial score (nSPS) is 17.4. The molecule has 1 aliphatic carbocycles. The molecule has 2 heterocycles. The van der Waals surface area contributed by atoms with E-state index in [9.17, 15) is 0 Å². The summed E-state index contributed by atoms with van der Waals surface area (Å²) in [4.78, 5) is 3.35. The second-order valence-electron chi connectivity index (χ2n) is 6.60. The van der Waals surface area contributed by atoms with Crippen molar-refractivity contribution in [3.05, 3.63) is 84.4 Å². The van der Waals surface area contributed by atoms with E-state index in [2.05, 4.69) is 59.0 Å². The van der Waals surface area contributed by atoms with Crippen LogP contribution in [0, 0.1) is 0 Å². The second kappa shape index (κ2) is 8.11. The van der Waals surface area contributed by atoms with E-state index in [0.29, 0.717) is 0 Å². The van der Waals surface area contributed by atoms with Crippen molar-refractivity contribution in [3.63, 3.8) is 0 Å². The second-order valence-corrected chi connectivity index (χ2v) is 6.60. The summed E-state index contributed by atoms with van der Waals surface area (Å²) in [6.45, 7) is 0.912. The average Bonchev–Trinajstić information content (AvgIpc) is 3.12. The summed E-state index contributed by atoms with van der Waals surface area (Å²) in [5.41, 5.74) is 3.92. The van der Waals surface area contributed by atoms with Crippen molar-refractivity contribution in [2.24, 2.45) is 0 Å². The van der Waals surface area contributed by atoms with E-state index in [0.717, 1.165) is 38.0 Å². The lowest BCUT2D eigenvalue weighted by molar-refractivity contribution is 0.233. The zero-order chi connectivity index (χ0) is 17.6. The van der Waals surface area contributed by atoms with Crippen molar-refractivity contribution < 1.29 is 9.47 Å². The molecule has 0 spiro atoms. The first-order valence-electron chi connectivity index (χ1n) is 9.23. The Hall–Kier alpha value is -2.72. The Morgan fingerprint density at radius 2 is 2.15 bits per heavy atom. The van der Waals surface area contributed by atoms with Crippen molar-refractivity contribution in [2.45, 2.75) is 31.7 Å². The minimum Gasteiger partial charge on any atom is -0.466 e. The zero-order valence-electron chi connectivity index (χ0n) is 14.8. The molecule has 134 valence electrons. The first kappa shape index (κ1) is 16.7. The van der Waals surface area contributed by atoms with Gasteiger partial charge in [-0.3, -0.25) is 0 Å². The van der Waals surface area contributed by atoms with E-state index in [1.54, 1.807) is 18.8 Å². The molecular formula is C22H24N2O2. The molecule has 0 radical (unpaired) electrons. The number of hydrogen-bond donors (Lipinski definition) is 2. The first-order chi connectivity index (χ1) is 12.9. The summed E-state index contributed by atoms with van der Waals surface area (Å²) in [5, 5.41) is 4.97. The number of ether oxygens (including phenoxy) is 2. The average molecular weight is 348 g/mol. The maximum absolute atomic E-state index is 5.68. The predicted octanol–water partition coefficient (Wildman–Crippen LogP) is 4.69. The van der Waals surface area contributed by atoms with Crippen LogP contribution in [0.1, 0.15) is 24.8 Å². The maximum Gasteiger partial charge on any atom is 0.159 e. The van der Waals surface area contributed by atoms with E-state index < -0.39 is 0 Å². The van der Waals surface area contributed by atoms with Gasteiger partial charge in [-0.1, -0.05) is 36.4 Å². The molecule has 1 aromatic heterocycles. The molecule has 1 atom stereocenters. The smallest absolute Gasteiger partial charge is 0.159 e. The lowest BCUT2D eigenvalue weighted by Crippen LogP contribution is -2.35. The topological polar surface area (TPSA) is 46.3 Å². The van der Waals surface area contributed by atoms with E-state index in [1.807, 2.05) is 0 Å². The van der Waals surface area contributed by atoms with Gasteiger partial charge in [0.2, 0.25) is 0 Å². The molecule has 4 nitrogen and oxygen atoms in total. The highest BCUT2D eigenvalue weighted by atomic mass is 16.5. The Kier molecular flexibility index (Phi) is 5.22. The van der Waals surface area contributed by atoms with Crippen LogP contribution in [0.25, 0.3) is 10.9 Å². The summed E-state index contributed by atoms with van der Waals surface area (Å²) in [6.07, 6.45) is 17.7. The highest BCUT2D eigenvalue weighted by Gasteiger charge is 2.21. The van der Waals surface area contributed by atoms with Crippen LogP contribution in [-0.2, 0) is 15.9 Å². The van der Waals surface area contributed by atoms with E-state index in [1.165, 1.54) is 22.0 Å². The lowest BCUT2D eigenvalue weighted by atomic mass is 9.96. The van der Waals surface area contributed by atoms with Gasteiger partial charge in [-0.2, -0.15) is 0 Å². The number of aromatic amines is 1. The highest BCUT2D eigenvalue weighted by molar-refractivity contribution is 5.82. The minimum atomic E-state index is 0.0628. The lowest BCUT2D eigenvalue weighted by Gasteiger charge is -2.25. The van der Waals surface area contributed by atoms with E-state index in [-0.39, 0.29) is 6.04 Å². The molecular weight excluding hydrogens is 324 g/mol. The summed E-state index contributed by atoms with van der Waals surface area (Å²) in [7, 11) is 0. The maximum atomic E-state index is 5.68. The molecule has 0 saturated carbocycles. The molecule has 4 heteroatoms. The molecule has 1 aliphatic heterocycles. The number of para-hydroxylation sites is 1. The number of H-pyrrole nitrogens is 1. The third kappa shape index (κ3) is 3.75. The quantitative estimate of drug-likeness (QED) is 0.713. The van der Waals surface area contributed by atoms with Gasteiger partial charge in [0.1, 0.15) is 18.8 Å². The first-order valence-corrected chi connectivity index (χ1v) is 9.23. The number of hydrogen-bond acceptors (Lipinski definition) is 3. The van der Waals surface area contributed by atoms with E-state index >= 15 is 0 Å². The number of fused-ring (bicyclic) bond motifs is 1. The number of benzene rings is 1. The van der Waals surface area contributed by atoms with Gasteiger partial charge in [0.15, 0.2) is 5.76 Å². The molecule has 0 saturated heterocycles. The summed E-state index contributed by atoms with van der Waals surface area (Å²) >= 11 is 0. The number of nitrogens with one attached hydrogen (secondary N) is 2. The van der Waals surface area contributed by atoms with Crippen LogP contribution in [0.3, 0.4) is 0 Å². The zero-order valence-corrected chi connectivity index (χ0v) is 14.8. The van der Waals surface area contributed by atoms with Crippen LogP contribution in [0.4, 0.5) is 0 Å². The monoisotopic (exact) mass is 348 g/mol. The van der Waals surface area contributed by atoms with Crippen molar-refractivity contribution in [1.82, 2.24) is 10.3 Å². The van der Waals surface area contributed by atoms with Gasteiger partial charge in [0.25, 0.3) is 0 Å². The molecule has 2 aliphatic rings. The molecule has 0 amide bonds. The van der Waals surface area contributed by atoms with E-state index in [4.69, 9.17) is 9.47 Å². The molecule has 2 N–H and O–H groups in total. The van der Waals surface area contributed by atoms with Crippen LogP contribution in [0.5, 0.6) is 0 Å². The number of aryl methyl sites for hydroxylation is 1. The Labute approximate surface area is 153 Å². The van der Waals surface area contributed by atoms with Crippen LogP contribution in [-0.4, -0.2) is 17.6 Å². The molecule has 4 rings (SSSR count). The molecule has 1 unspecified atom stereocenters. The third-order valence-electron chi connectivity index (χ3n) is 4.87. The van der Waals surface area contributed by atoms with Crippen molar-refractivity contribution in [3.8, 4) is 0 Å². The van der Waals surface area contributed by atoms with Gasteiger partial charge in [-0.15, -0.1) is 0 Å². The Bertz CT molecular complexity index is 873. The molecule has 0 bridgehead atoms. The molecule has 1 aromatic carbocycles. The van der Waals surface area contributed by atoms with Gasteiger partial charge in [-0.05, 0) is 49.4 Å². The fourth-order valence-electron chi connectivity index (χ4n) is 3.55. The molecule has 2 aromatic rings. The minimum absolute atomic E-state index is 0.0628. The Morgan fingerprint density at radius 3 is 3.00 bits per heavy atom. The van der Waals surface area contributed by atoms with Crippen LogP contribution in [0.2, 0.25) is 0 Å². The summed E-state index contributed by atoms with van der Waals surface area (Å²) in [6, 6.07) is 8.53. The van der Waals surface area contributed by atoms with Gasteiger partial charge < -0.3 is 19.8 Å². The van der Waals surface area contributed by atoms with Gasteiger partial charge in [-0.25, -0.2) is 0 Å². The largest absolute Gasteiger partial charge is 0.466 e. The third-order valence-corrected chi connectivity index (χ3v) is 4.87. The van der Waals surface area contributed by atoms with Crippen LogP contribution in [0.15, 0.2) is 78.8 Å². The number of aromatic nitrogens is 1. The van der Waals surface area contributed by atoms with Gasteiger partial charge >= 0.3 is 0 Å². The predicted molar refractivity (Wildman–Crippen MR) is 104 cm³/mol. The van der Waals surface area contributed by atoms with Crippen molar-refractivity contribution >= 4 is 10.9 Å². The fourth-order valence-corrected chi connectivity index (χ4v) is 3.55. The summed E-state index contributed by atoms with van der Waals surface area (Å²) < 4.78 is 11.0. The van der Waals surface area contributed by atoms with Crippen LogP contribution >= 0.6 is 0 Å². The Morgan fingerprint density at radius 1 is 1.19 bits per heavy atom. The SMILES string of the molecule is C1=CCCC(C(NCCCc2c[nH]c3ccccc23)C2=COC=CO2)=C1. The number of allylic oxidation sites excluding steroid dienone is 3. The standard InChI is InChI=1S/C22H24N2O2/c1-2-7-17(8-3-1)22(21-16-25-13-14-26-21)23-12-6-9-18-15-24-20-11-5-4-10-19(18)20/h1-2,4-5,7,10-11,13-16,22-24H,3,6,8-9,12H2. The highest BCUT2D eigenvalue weighted by Crippen LogP contribution is 2.24. The fraction of sp³-hybridized carbons (Fsp3) is 0.273. The molecule has 0 fully saturated rings. The van der Waals surface area contributed by atoms with Crippen LogP contribution < -0.4 is 5.32 Å². The summed E-state index contributed by atoms with van der Waals surface area (Å²) in [5.74, 6) is 0.821. The van der Waals surface area contributed by atoms with Crippen molar-refractivity contribution in [1.29, 1.82) is 0 Å².